The minimum Gasteiger partial charge on any atom is -0.492 e. The number of aliphatic hydroxyl groups is 1. The minimum absolute atomic E-state index is 0.0543. The summed E-state index contributed by atoms with van der Waals surface area (Å²) in [6.45, 7) is 4.42. The van der Waals surface area contributed by atoms with Gasteiger partial charge in [0.05, 0.1) is 29.8 Å². The average molecular weight is 526 g/mol. The number of fused-ring (bicyclic) bond motifs is 1. The Labute approximate surface area is 219 Å². The Morgan fingerprint density at radius 2 is 2.03 bits per heavy atom. The normalized spacial score (nSPS) is 19.6. The summed E-state index contributed by atoms with van der Waals surface area (Å²) in [5, 5.41) is 13.5. The second-order valence-electron chi connectivity index (χ2n) is 10.1. The standard InChI is InChI=1S/C27H32FN5O5/c1-14-8-17(21(9-18(14)28)38-11-16-4-5-16)24-26-25(30-13-29-24)23(15(2)31-26)27(36)32-19-6-7-33(10-20(19)34)22(35)12-37-3/h8-9,13,16,19-20,31,34H,4-7,10-12H2,1-3H3,(H,32,36)/t19-,20-/m1/s1. The number of H-pyrrole nitrogens is 1. The number of aromatic amines is 1. The SMILES string of the molecule is COCC(=O)N1CC[C@@H](NC(=O)c2c(C)[nH]c3c(-c4cc(C)c(F)cc4OCC4CC4)ncnc23)[C@H](O)C1. The summed E-state index contributed by atoms with van der Waals surface area (Å²) in [5.74, 6) is -0.0672. The van der Waals surface area contributed by atoms with E-state index in [9.17, 15) is 19.1 Å². The lowest BCUT2D eigenvalue weighted by atomic mass is 10.0. The number of benzene rings is 1. The number of methoxy groups -OCH3 is 1. The zero-order valence-corrected chi connectivity index (χ0v) is 21.7. The van der Waals surface area contributed by atoms with Gasteiger partial charge in [0.2, 0.25) is 5.91 Å². The van der Waals surface area contributed by atoms with Gasteiger partial charge in [-0.3, -0.25) is 9.59 Å². The molecule has 1 saturated heterocycles. The van der Waals surface area contributed by atoms with Crippen LogP contribution in [0.15, 0.2) is 18.5 Å². The highest BCUT2D eigenvalue weighted by molar-refractivity contribution is 6.09. The maximum Gasteiger partial charge on any atom is 0.255 e. The van der Waals surface area contributed by atoms with E-state index in [0.29, 0.717) is 70.4 Å². The Morgan fingerprint density at radius 3 is 2.74 bits per heavy atom. The average Bonchev–Trinajstić information content (AvgIpc) is 3.65. The van der Waals surface area contributed by atoms with E-state index in [1.807, 2.05) is 0 Å². The number of rotatable bonds is 8. The molecule has 11 heteroatoms. The molecule has 1 aromatic carbocycles. The van der Waals surface area contributed by atoms with Crippen LogP contribution in [0.5, 0.6) is 5.75 Å². The lowest BCUT2D eigenvalue weighted by Gasteiger charge is -2.36. The van der Waals surface area contributed by atoms with Gasteiger partial charge >= 0.3 is 0 Å². The highest BCUT2D eigenvalue weighted by Crippen LogP contribution is 2.37. The second-order valence-corrected chi connectivity index (χ2v) is 10.1. The molecule has 3 aromatic rings. The summed E-state index contributed by atoms with van der Waals surface area (Å²) in [7, 11) is 1.44. The van der Waals surface area contributed by atoms with Crippen molar-refractivity contribution in [3.05, 3.63) is 41.1 Å². The predicted octanol–water partition coefficient (Wildman–Crippen LogP) is 2.51. The molecule has 1 saturated carbocycles. The van der Waals surface area contributed by atoms with Crippen molar-refractivity contribution in [3.63, 3.8) is 0 Å². The molecule has 3 heterocycles. The highest BCUT2D eigenvalue weighted by atomic mass is 19.1. The van der Waals surface area contributed by atoms with Crippen molar-refractivity contribution in [2.24, 2.45) is 5.92 Å². The van der Waals surface area contributed by atoms with Gasteiger partial charge in [-0.25, -0.2) is 14.4 Å². The smallest absolute Gasteiger partial charge is 0.255 e. The molecule has 2 fully saturated rings. The summed E-state index contributed by atoms with van der Waals surface area (Å²) in [5.41, 5.74) is 3.47. The van der Waals surface area contributed by atoms with E-state index in [1.54, 1.807) is 19.9 Å². The molecule has 1 aliphatic heterocycles. The first-order valence-corrected chi connectivity index (χ1v) is 12.8. The first-order valence-electron chi connectivity index (χ1n) is 12.8. The first-order chi connectivity index (χ1) is 18.3. The van der Waals surface area contributed by atoms with Gasteiger partial charge in [0, 0.05) is 37.5 Å². The molecule has 0 bridgehead atoms. The van der Waals surface area contributed by atoms with Crippen molar-refractivity contribution in [1.29, 1.82) is 0 Å². The summed E-state index contributed by atoms with van der Waals surface area (Å²) in [6, 6.07) is 2.56. The fraction of sp³-hybridized carbons (Fsp3) is 0.481. The van der Waals surface area contributed by atoms with Crippen LogP contribution in [-0.4, -0.2) is 82.3 Å². The number of nitrogens with one attached hydrogen (secondary N) is 2. The van der Waals surface area contributed by atoms with Gasteiger partial charge < -0.3 is 29.8 Å². The van der Waals surface area contributed by atoms with Crippen LogP contribution in [0.25, 0.3) is 22.3 Å². The fourth-order valence-corrected chi connectivity index (χ4v) is 4.84. The van der Waals surface area contributed by atoms with Crippen LogP contribution < -0.4 is 10.1 Å². The van der Waals surface area contributed by atoms with Crippen molar-refractivity contribution < 1.29 is 28.6 Å². The van der Waals surface area contributed by atoms with Gasteiger partial charge in [0.15, 0.2) is 0 Å². The van der Waals surface area contributed by atoms with E-state index in [1.165, 1.54) is 24.4 Å². The number of likely N-dealkylation sites (tertiary alicyclic amines) is 1. The number of carbonyl (C=O) groups is 2. The number of carbonyl (C=O) groups excluding carboxylic acids is 2. The van der Waals surface area contributed by atoms with Gasteiger partial charge in [-0.1, -0.05) is 0 Å². The summed E-state index contributed by atoms with van der Waals surface area (Å²) < 4.78 is 25.3. The number of aliphatic hydroxyl groups excluding tert-OH is 1. The molecule has 2 amide bonds. The van der Waals surface area contributed by atoms with Gasteiger partial charge in [-0.2, -0.15) is 0 Å². The van der Waals surface area contributed by atoms with Gasteiger partial charge in [0.1, 0.15) is 35.7 Å². The Kier molecular flexibility index (Phi) is 7.31. The number of hydrogen-bond donors (Lipinski definition) is 3. The quantitative estimate of drug-likeness (QED) is 0.412. The van der Waals surface area contributed by atoms with E-state index in [2.05, 4.69) is 20.3 Å². The number of amides is 2. The molecule has 1 aliphatic carbocycles. The van der Waals surface area contributed by atoms with E-state index < -0.39 is 12.1 Å². The first kappa shape index (κ1) is 26.1. The molecule has 2 aromatic heterocycles. The summed E-state index contributed by atoms with van der Waals surface area (Å²) >= 11 is 0. The zero-order valence-electron chi connectivity index (χ0n) is 21.7. The van der Waals surface area contributed by atoms with E-state index in [0.717, 1.165) is 12.8 Å². The molecule has 0 spiro atoms. The Balaban J connectivity index is 1.42. The van der Waals surface area contributed by atoms with E-state index >= 15 is 0 Å². The zero-order chi connectivity index (χ0) is 27.0. The van der Waals surface area contributed by atoms with E-state index in [-0.39, 0.29) is 30.8 Å². The minimum atomic E-state index is -0.919. The topological polar surface area (TPSA) is 130 Å². The van der Waals surface area contributed by atoms with Crippen LogP contribution in [0.3, 0.4) is 0 Å². The van der Waals surface area contributed by atoms with Gasteiger partial charge in [-0.15, -0.1) is 0 Å². The second kappa shape index (κ2) is 10.7. The van der Waals surface area contributed by atoms with Crippen LogP contribution in [0.4, 0.5) is 4.39 Å². The number of nitrogens with zero attached hydrogens (tertiary/aromatic N) is 3. The van der Waals surface area contributed by atoms with Crippen molar-refractivity contribution in [2.75, 3.05) is 33.4 Å². The number of aromatic nitrogens is 3. The number of aryl methyl sites for hydroxylation is 2. The maximum atomic E-state index is 14.4. The van der Waals surface area contributed by atoms with Crippen LogP contribution in [0.1, 0.15) is 40.9 Å². The third-order valence-electron chi connectivity index (χ3n) is 7.20. The van der Waals surface area contributed by atoms with Crippen molar-refractivity contribution in [1.82, 2.24) is 25.2 Å². The van der Waals surface area contributed by atoms with Crippen LogP contribution in [0.2, 0.25) is 0 Å². The lowest BCUT2D eigenvalue weighted by Crippen LogP contribution is -2.55. The monoisotopic (exact) mass is 525 g/mol. The molecule has 0 radical (unpaired) electrons. The molecule has 10 nitrogen and oxygen atoms in total. The molecule has 2 atom stereocenters. The Morgan fingerprint density at radius 1 is 1.24 bits per heavy atom. The van der Waals surface area contributed by atoms with Crippen LogP contribution in [0, 0.1) is 25.6 Å². The molecule has 202 valence electrons. The van der Waals surface area contributed by atoms with E-state index in [4.69, 9.17) is 9.47 Å². The number of piperidine rings is 1. The number of halogens is 1. The molecule has 3 N–H and O–H groups in total. The largest absolute Gasteiger partial charge is 0.492 e. The molecular weight excluding hydrogens is 493 g/mol. The Bertz CT molecular complexity index is 1370. The third kappa shape index (κ3) is 5.21. The summed E-state index contributed by atoms with van der Waals surface area (Å²) in [6.07, 6.45) is 3.07. The summed E-state index contributed by atoms with van der Waals surface area (Å²) in [4.78, 5) is 39.1. The van der Waals surface area contributed by atoms with Gasteiger partial charge in [-0.05, 0) is 50.7 Å². The molecule has 2 aliphatic rings. The molecule has 0 unspecified atom stereocenters. The van der Waals surface area contributed by atoms with Crippen LogP contribution >= 0.6 is 0 Å². The lowest BCUT2D eigenvalue weighted by molar-refractivity contribution is -0.138. The van der Waals surface area contributed by atoms with Crippen molar-refractivity contribution in [2.45, 2.75) is 45.3 Å². The Hall–Kier alpha value is -3.57. The fourth-order valence-electron chi connectivity index (χ4n) is 4.84. The maximum absolute atomic E-state index is 14.4. The van der Waals surface area contributed by atoms with Crippen molar-refractivity contribution >= 4 is 22.8 Å². The third-order valence-corrected chi connectivity index (χ3v) is 7.20. The highest BCUT2D eigenvalue weighted by Gasteiger charge is 2.32. The molecular formula is C27H32FN5O5. The number of ether oxygens (including phenoxy) is 2. The molecule has 5 rings (SSSR count). The predicted molar refractivity (Wildman–Crippen MR) is 137 cm³/mol. The number of hydrogen-bond acceptors (Lipinski definition) is 7. The molecule has 38 heavy (non-hydrogen) atoms. The van der Waals surface area contributed by atoms with Gasteiger partial charge in [0.25, 0.3) is 5.91 Å². The van der Waals surface area contributed by atoms with Crippen LogP contribution in [-0.2, 0) is 9.53 Å². The number of β-amino-alcohol motifs (C(OH)–C–C–N with tert-alkyl or cyclic N) is 1. The van der Waals surface area contributed by atoms with Crippen molar-refractivity contribution in [3.8, 4) is 17.0 Å².